The molecular weight excluding hydrogens is 299 g/mol. The first-order valence-corrected chi connectivity index (χ1v) is 7.72. The molecule has 0 N–H and O–H groups in total. The third kappa shape index (κ3) is 2.46. The van der Waals surface area contributed by atoms with Crippen molar-refractivity contribution in [3.05, 3.63) is 11.0 Å². The molecule has 0 aliphatic heterocycles. The van der Waals surface area contributed by atoms with E-state index in [9.17, 15) is 8.42 Å². The van der Waals surface area contributed by atoms with Gasteiger partial charge in [-0.05, 0) is 17.8 Å². The van der Waals surface area contributed by atoms with E-state index < -0.39 is 9.84 Å². The van der Waals surface area contributed by atoms with E-state index in [-0.39, 0.29) is 5.41 Å². The SMILES string of the molecule is CC1(C)C(=CS(C)(=O)=O)CC1CI. The summed E-state index contributed by atoms with van der Waals surface area (Å²) in [6.45, 7) is 4.24. The van der Waals surface area contributed by atoms with Crippen LogP contribution in [0.5, 0.6) is 0 Å². The smallest absolute Gasteiger partial charge is 0.168 e. The summed E-state index contributed by atoms with van der Waals surface area (Å²) in [5.74, 6) is 0.640. The maximum Gasteiger partial charge on any atom is 0.168 e. The van der Waals surface area contributed by atoms with Gasteiger partial charge in [-0.15, -0.1) is 0 Å². The molecule has 0 radical (unpaired) electrons. The van der Waals surface area contributed by atoms with Gasteiger partial charge in [-0.2, -0.15) is 0 Å². The largest absolute Gasteiger partial charge is 0.225 e. The Morgan fingerprint density at radius 3 is 2.46 bits per heavy atom. The second-order valence-electron chi connectivity index (χ2n) is 4.25. The van der Waals surface area contributed by atoms with E-state index in [0.717, 1.165) is 16.4 Å². The normalized spacial score (nSPS) is 30.2. The number of allylic oxidation sites excluding steroid dienone is 1. The van der Waals surface area contributed by atoms with Crippen molar-refractivity contribution in [2.45, 2.75) is 20.3 Å². The van der Waals surface area contributed by atoms with E-state index >= 15 is 0 Å². The van der Waals surface area contributed by atoms with Gasteiger partial charge < -0.3 is 0 Å². The Labute approximate surface area is 93.9 Å². The van der Waals surface area contributed by atoms with Gasteiger partial charge in [0.25, 0.3) is 0 Å². The van der Waals surface area contributed by atoms with Gasteiger partial charge in [0.1, 0.15) is 0 Å². The minimum Gasteiger partial charge on any atom is -0.225 e. The van der Waals surface area contributed by atoms with Gasteiger partial charge >= 0.3 is 0 Å². The molecule has 0 bridgehead atoms. The lowest BCUT2D eigenvalue weighted by molar-refractivity contribution is 0.195. The standard InChI is InChI=1S/C9H15IO2S/c1-9(2)7(5-10)4-8(9)6-13(3,11)12/h6-7H,4-5H2,1-3H3. The maximum atomic E-state index is 11.0. The summed E-state index contributed by atoms with van der Waals surface area (Å²) >= 11 is 2.36. The molecule has 1 aliphatic carbocycles. The van der Waals surface area contributed by atoms with Crippen molar-refractivity contribution in [1.29, 1.82) is 0 Å². The number of hydrogen-bond acceptors (Lipinski definition) is 2. The zero-order chi connectivity index (χ0) is 10.3. The van der Waals surface area contributed by atoms with E-state index in [2.05, 4.69) is 36.4 Å². The Morgan fingerprint density at radius 1 is 1.62 bits per heavy atom. The van der Waals surface area contributed by atoms with E-state index in [1.807, 2.05) is 0 Å². The van der Waals surface area contributed by atoms with Crippen molar-refractivity contribution in [3.8, 4) is 0 Å². The van der Waals surface area contributed by atoms with Crippen LogP contribution in [0, 0.1) is 11.3 Å². The van der Waals surface area contributed by atoms with Gasteiger partial charge in [-0.25, -0.2) is 8.42 Å². The van der Waals surface area contributed by atoms with Gasteiger partial charge in [0, 0.05) is 16.1 Å². The molecule has 0 amide bonds. The summed E-state index contributed by atoms with van der Waals surface area (Å²) < 4.78 is 23.2. The number of hydrogen-bond donors (Lipinski definition) is 0. The summed E-state index contributed by atoms with van der Waals surface area (Å²) in [4.78, 5) is 0. The fourth-order valence-corrected chi connectivity index (χ4v) is 3.95. The van der Waals surface area contributed by atoms with Crippen LogP contribution in [-0.2, 0) is 9.84 Å². The Hall–Kier alpha value is 0.420. The Morgan fingerprint density at radius 2 is 2.15 bits per heavy atom. The van der Waals surface area contributed by atoms with Crippen molar-refractivity contribution < 1.29 is 8.42 Å². The molecule has 0 heterocycles. The zero-order valence-corrected chi connectivity index (χ0v) is 11.1. The van der Waals surface area contributed by atoms with Crippen LogP contribution < -0.4 is 0 Å². The molecule has 1 rings (SSSR count). The highest BCUT2D eigenvalue weighted by Crippen LogP contribution is 2.51. The summed E-state index contributed by atoms with van der Waals surface area (Å²) in [6, 6.07) is 0. The van der Waals surface area contributed by atoms with Crippen LogP contribution in [-0.4, -0.2) is 19.1 Å². The Bertz CT molecular complexity index is 328. The molecule has 1 saturated carbocycles. The molecule has 76 valence electrons. The summed E-state index contributed by atoms with van der Waals surface area (Å²) in [5, 5.41) is 1.44. The minimum absolute atomic E-state index is 0.0876. The van der Waals surface area contributed by atoms with Crippen LogP contribution >= 0.6 is 22.6 Å². The van der Waals surface area contributed by atoms with Crippen molar-refractivity contribution in [1.82, 2.24) is 0 Å². The Kier molecular flexibility index (Phi) is 3.12. The third-order valence-electron chi connectivity index (χ3n) is 2.86. The van der Waals surface area contributed by atoms with Crippen LogP contribution in [0.25, 0.3) is 0 Å². The molecule has 0 aromatic carbocycles. The summed E-state index contributed by atoms with van der Waals surface area (Å²) in [7, 11) is -2.95. The average molecular weight is 314 g/mol. The van der Waals surface area contributed by atoms with Crippen LogP contribution in [0.15, 0.2) is 11.0 Å². The topological polar surface area (TPSA) is 34.1 Å². The van der Waals surface area contributed by atoms with Crippen LogP contribution in [0.1, 0.15) is 20.3 Å². The lowest BCUT2D eigenvalue weighted by Crippen LogP contribution is -2.39. The van der Waals surface area contributed by atoms with Gasteiger partial charge in [0.15, 0.2) is 9.84 Å². The summed E-state index contributed by atoms with van der Waals surface area (Å²) in [6.07, 6.45) is 2.20. The van der Waals surface area contributed by atoms with E-state index in [1.165, 1.54) is 11.7 Å². The third-order valence-corrected chi connectivity index (χ3v) is 4.63. The van der Waals surface area contributed by atoms with Crippen molar-refractivity contribution in [2.24, 2.45) is 11.3 Å². The quantitative estimate of drug-likeness (QED) is 0.579. The molecule has 0 aromatic rings. The van der Waals surface area contributed by atoms with Crippen molar-refractivity contribution in [2.75, 3.05) is 10.7 Å². The monoisotopic (exact) mass is 314 g/mol. The molecule has 0 spiro atoms. The molecular formula is C9H15IO2S. The molecule has 1 unspecified atom stereocenters. The number of rotatable bonds is 2. The fourth-order valence-electron chi connectivity index (χ4n) is 1.62. The molecule has 1 fully saturated rings. The molecule has 4 heteroatoms. The Balaban J connectivity index is 2.86. The average Bonchev–Trinajstić information content (AvgIpc) is 1.95. The van der Waals surface area contributed by atoms with Gasteiger partial charge in [0.2, 0.25) is 0 Å². The van der Waals surface area contributed by atoms with Crippen LogP contribution in [0.3, 0.4) is 0 Å². The predicted octanol–water partition coefficient (Wildman–Crippen LogP) is 2.40. The second kappa shape index (κ2) is 3.53. The number of alkyl halides is 1. The first-order valence-electron chi connectivity index (χ1n) is 4.24. The molecule has 1 atom stereocenters. The number of sulfone groups is 1. The van der Waals surface area contributed by atoms with Crippen LogP contribution in [0.2, 0.25) is 0 Å². The van der Waals surface area contributed by atoms with Gasteiger partial charge in [0.05, 0.1) is 0 Å². The van der Waals surface area contributed by atoms with E-state index in [0.29, 0.717) is 5.92 Å². The molecule has 1 aliphatic rings. The second-order valence-corrected chi connectivity index (χ2v) is 7.03. The molecule has 13 heavy (non-hydrogen) atoms. The van der Waals surface area contributed by atoms with E-state index in [1.54, 1.807) is 0 Å². The highest BCUT2D eigenvalue weighted by Gasteiger charge is 2.42. The molecule has 2 nitrogen and oxygen atoms in total. The fraction of sp³-hybridized carbons (Fsp3) is 0.778. The first-order chi connectivity index (χ1) is 5.77. The van der Waals surface area contributed by atoms with Crippen LogP contribution in [0.4, 0.5) is 0 Å². The van der Waals surface area contributed by atoms with Gasteiger partial charge in [-0.3, -0.25) is 0 Å². The van der Waals surface area contributed by atoms with Crippen molar-refractivity contribution in [3.63, 3.8) is 0 Å². The lowest BCUT2D eigenvalue weighted by atomic mass is 9.60. The lowest BCUT2D eigenvalue weighted by Gasteiger charge is -2.46. The highest BCUT2D eigenvalue weighted by molar-refractivity contribution is 14.1. The van der Waals surface area contributed by atoms with Crippen molar-refractivity contribution >= 4 is 32.4 Å². The van der Waals surface area contributed by atoms with Gasteiger partial charge in [-0.1, -0.05) is 42.0 Å². The molecule has 0 aromatic heterocycles. The minimum atomic E-state index is -2.95. The highest BCUT2D eigenvalue weighted by atomic mass is 127. The predicted molar refractivity (Wildman–Crippen MR) is 63.7 cm³/mol. The first kappa shape index (κ1) is 11.5. The van der Waals surface area contributed by atoms with E-state index in [4.69, 9.17) is 0 Å². The maximum absolute atomic E-state index is 11.0. The molecule has 0 saturated heterocycles. The number of halogens is 1. The zero-order valence-electron chi connectivity index (χ0n) is 8.17. The summed E-state index contributed by atoms with van der Waals surface area (Å²) in [5.41, 5.74) is 1.17.